The Balaban J connectivity index is 2.03. The molecule has 0 bridgehead atoms. The van der Waals surface area contributed by atoms with Crippen LogP contribution >= 0.6 is 0 Å². The van der Waals surface area contributed by atoms with E-state index in [2.05, 4.69) is 6.92 Å². The third-order valence-electron chi connectivity index (χ3n) is 4.13. The van der Waals surface area contributed by atoms with Crippen LogP contribution in [0.1, 0.15) is 34.3 Å². The number of methoxy groups -OCH3 is 1. The molecule has 3 rings (SSSR count). The zero-order chi connectivity index (χ0) is 14.1. The lowest BCUT2D eigenvalue weighted by Gasteiger charge is -2.30. The van der Waals surface area contributed by atoms with E-state index in [0.29, 0.717) is 5.92 Å². The molecule has 0 saturated heterocycles. The molecule has 102 valence electrons. The summed E-state index contributed by atoms with van der Waals surface area (Å²) < 4.78 is 5.25. The minimum Gasteiger partial charge on any atom is -0.497 e. The summed E-state index contributed by atoms with van der Waals surface area (Å²) in [7, 11) is 1.66. The van der Waals surface area contributed by atoms with E-state index in [1.54, 1.807) is 7.11 Å². The zero-order valence-corrected chi connectivity index (χ0v) is 11.8. The lowest BCUT2D eigenvalue weighted by Crippen LogP contribution is -2.28. The second kappa shape index (κ2) is 5.12. The molecule has 0 saturated carbocycles. The fourth-order valence-electron chi connectivity index (χ4n) is 3.14. The van der Waals surface area contributed by atoms with Gasteiger partial charge in [0.1, 0.15) is 5.75 Å². The summed E-state index contributed by atoms with van der Waals surface area (Å²) >= 11 is 0. The molecule has 2 atom stereocenters. The average Bonchev–Trinajstić information content (AvgIpc) is 2.47. The number of hydrogen-bond donors (Lipinski definition) is 0. The third kappa shape index (κ3) is 2.11. The summed E-state index contributed by atoms with van der Waals surface area (Å²) in [5.41, 5.74) is 3.07. The number of carbonyl (C=O) groups excluding carboxylic acids is 1. The molecule has 0 heterocycles. The molecule has 0 aromatic heterocycles. The standard InChI is InChI=1S/C18H18O2/c1-12-10-14-11-15(20-2)8-9-16(14)18(19)17(12)13-6-4-3-5-7-13/h3-9,11-12,17H,10H2,1-2H3. The Morgan fingerprint density at radius 2 is 1.85 bits per heavy atom. The van der Waals surface area contributed by atoms with E-state index in [0.717, 1.165) is 28.9 Å². The van der Waals surface area contributed by atoms with E-state index in [1.807, 2.05) is 48.5 Å². The van der Waals surface area contributed by atoms with Gasteiger partial charge in [0, 0.05) is 5.56 Å². The number of hydrogen-bond acceptors (Lipinski definition) is 2. The first kappa shape index (κ1) is 12.9. The first-order valence-corrected chi connectivity index (χ1v) is 6.97. The SMILES string of the molecule is COc1ccc2c(c1)CC(C)C(c1ccccc1)C2=O. The van der Waals surface area contributed by atoms with Gasteiger partial charge in [0.05, 0.1) is 13.0 Å². The van der Waals surface area contributed by atoms with Crippen molar-refractivity contribution >= 4 is 5.78 Å². The van der Waals surface area contributed by atoms with Crippen molar-refractivity contribution in [3.8, 4) is 5.75 Å². The highest BCUT2D eigenvalue weighted by molar-refractivity contribution is 6.03. The molecular weight excluding hydrogens is 248 g/mol. The predicted molar refractivity (Wildman–Crippen MR) is 79.4 cm³/mol. The van der Waals surface area contributed by atoms with Gasteiger partial charge in [0.2, 0.25) is 0 Å². The number of carbonyl (C=O) groups is 1. The number of ether oxygens (including phenoxy) is 1. The highest BCUT2D eigenvalue weighted by Crippen LogP contribution is 2.37. The normalized spacial score (nSPS) is 21.4. The minimum absolute atomic E-state index is 0.0305. The fraction of sp³-hybridized carbons (Fsp3) is 0.278. The molecule has 0 amide bonds. The van der Waals surface area contributed by atoms with Crippen molar-refractivity contribution in [3.63, 3.8) is 0 Å². The molecule has 0 fully saturated rings. The van der Waals surface area contributed by atoms with Crippen LogP contribution in [0.5, 0.6) is 5.75 Å². The summed E-state index contributed by atoms with van der Waals surface area (Å²) in [5.74, 6) is 1.33. The molecule has 0 aliphatic heterocycles. The zero-order valence-electron chi connectivity index (χ0n) is 11.8. The van der Waals surface area contributed by atoms with Crippen LogP contribution < -0.4 is 4.74 Å². The Labute approximate surface area is 119 Å². The van der Waals surface area contributed by atoms with E-state index < -0.39 is 0 Å². The first-order chi connectivity index (χ1) is 9.70. The molecule has 1 aliphatic rings. The summed E-state index contributed by atoms with van der Waals surface area (Å²) in [6.07, 6.45) is 0.915. The van der Waals surface area contributed by atoms with Crippen molar-refractivity contribution in [2.75, 3.05) is 7.11 Å². The maximum atomic E-state index is 12.8. The van der Waals surface area contributed by atoms with Crippen molar-refractivity contribution in [2.45, 2.75) is 19.3 Å². The predicted octanol–water partition coefficient (Wildman–Crippen LogP) is 3.85. The molecule has 20 heavy (non-hydrogen) atoms. The molecule has 2 aromatic rings. The lowest BCUT2D eigenvalue weighted by molar-refractivity contribution is 0.0920. The van der Waals surface area contributed by atoms with Gasteiger partial charge < -0.3 is 4.74 Å². The van der Waals surface area contributed by atoms with Crippen LogP contribution in [0.2, 0.25) is 0 Å². The van der Waals surface area contributed by atoms with E-state index >= 15 is 0 Å². The molecule has 0 spiro atoms. The molecule has 0 N–H and O–H groups in total. The van der Waals surface area contributed by atoms with E-state index in [4.69, 9.17) is 4.74 Å². The van der Waals surface area contributed by atoms with Crippen molar-refractivity contribution in [2.24, 2.45) is 5.92 Å². The van der Waals surface area contributed by atoms with Crippen LogP contribution in [0, 0.1) is 5.92 Å². The first-order valence-electron chi connectivity index (χ1n) is 6.97. The van der Waals surface area contributed by atoms with Gasteiger partial charge in [0.15, 0.2) is 5.78 Å². The molecule has 0 radical (unpaired) electrons. The van der Waals surface area contributed by atoms with Gasteiger partial charge in [-0.3, -0.25) is 4.79 Å². The molecule has 2 unspecified atom stereocenters. The smallest absolute Gasteiger partial charge is 0.170 e. The van der Waals surface area contributed by atoms with Crippen LogP contribution in [0.3, 0.4) is 0 Å². The lowest BCUT2D eigenvalue weighted by atomic mass is 9.73. The topological polar surface area (TPSA) is 26.3 Å². The van der Waals surface area contributed by atoms with Crippen molar-refractivity contribution in [3.05, 3.63) is 65.2 Å². The van der Waals surface area contributed by atoms with Crippen LogP contribution in [0.25, 0.3) is 0 Å². The van der Waals surface area contributed by atoms with Gasteiger partial charge in [0.25, 0.3) is 0 Å². The van der Waals surface area contributed by atoms with Crippen LogP contribution in [-0.2, 0) is 6.42 Å². The fourth-order valence-corrected chi connectivity index (χ4v) is 3.14. The summed E-state index contributed by atoms with van der Waals surface area (Å²) in [6, 6.07) is 15.8. The van der Waals surface area contributed by atoms with Crippen molar-refractivity contribution in [1.29, 1.82) is 0 Å². The maximum absolute atomic E-state index is 12.8. The highest BCUT2D eigenvalue weighted by atomic mass is 16.5. The average molecular weight is 266 g/mol. The Bertz CT molecular complexity index is 631. The van der Waals surface area contributed by atoms with Crippen LogP contribution in [-0.4, -0.2) is 12.9 Å². The molecular formula is C18H18O2. The highest BCUT2D eigenvalue weighted by Gasteiger charge is 2.34. The van der Waals surface area contributed by atoms with Crippen LogP contribution in [0.15, 0.2) is 48.5 Å². The largest absolute Gasteiger partial charge is 0.497 e. The number of benzene rings is 2. The van der Waals surface area contributed by atoms with Gasteiger partial charge in [-0.25, -0.2) is 0 Å². The van der Waals surface area contributed by atoms with Gasteiger partial charge in [-0.2, -0.15) is 0 Å². The molecule has 2 nitrogen and oxygen atoms in total. The number of Topliss-reactive ketones (excluding diaryl/α,β-unsaturated/α-hetero) is 1. The number of fused-ring (bicyclic) bond motifs is 1. The molecule has 2 aromatic carbocycles. The van der Waals surface area contributed by atoms with Gasteiger partial charge in [-0.05, 0) is 41.7 Å². The summed E-state index contributed by atoms with van der Waals surface area (Å²) in [4.78, 5) is 12.8. The summed E-state index contributed by atoms with van der Waals surface area (Å²) in [5, 5.41) is 0. The van der Waals surface area contributed by atoms with Gasteiger partial charge in [-0.1, -0.05) is 37.3 Å². The van der Waals surface area contributed by atoms with Crippen molar-refractivity contribution in [1.82, 2.24) is 0 Å². The Kier molecular flexibility index (Phi) is 3.31. The minimum atomic E-state index is -0.0305. The van der Waals surface area contributed by atoms with Crippen molar-refractivity contribution < 1.29 is 9.53 Å². The maximum Gasteiger partial charge on any atom is 0.170 e. The summed E-state index contributed by atoms with van der Waals surface area (Å²) in [6.45, 7) is 2.15. The Hall–Kier alpha value is -2.09. The quantitative estimate of drug-likeness (QED) is 0.825. The van der Waals surface area contributed by atoms with E-state index in [9.17, 15) is 4.79 Å². The second-order valence-electron chi connectivity index (χ2n) is 5.46. The second-order valence-corrected chi connectivity index (χ2v) is 5.46. The molecule has 2 heteroatoms. The Morgan fingerprint density at radius 1 is 1.10 bits per heavy atom. The number of ketones is 1. The van der Waals surface area contributed by atoms with Gasteiger partial charge in [-0.15, -0.1) is 0 Å². The molecule has 1 aliphatic carbocycles. The third-order valence-corrected chi connectivity index (χ3v) is 4.13. The monoisotopic (exact) mass is 266 g/mol. The Morgan fingerprint density at radius 3 is 2.55 bits per heavy atom. The van der Waals surface area contributed by atoms with E-state index in [1.165, 1.54) is 0 Å². The van der Waals surface area contributed by atoms with Gasteiger partial charge >= 0.3 is 0 Å². The number of rotatable bonds is 2. The van der Waals surface area contributed by atoms with Crippen LogP contribution in [0.4, 0.5) is 0 Å². The van der Waals surface area contributed by atoms with E-state index in [-0.39, 0.29) is 11.7 Å².